The van der Waals surface area contributed by atoms with Crippen molar-refractivity contribution in [1.29, 1.82) is 0 Å². The molecule has 1 saturated heterocycles. The number of methoxy groups -OCH3 is 1. The molecule has 1 aliphatic heterocycles. The zero-order chi connectivity index (χ0) is 18.3. The fourth-order valence-electron chi connectivity index (χ4n) is 4.84. The Hall–Kier alpha value is -2.24. The minimum Gasteiger partial charge on any atom is -0.495 e. The Kier molecular flexibility index (Phi) is 4.51. The van der Waals surface area contributed by atoms with E-state index in [9.17, 15) is 9.59 Å². The molecule has 0 spiro atoms. The Labute approximate surface area is 154 Å². The summed E-state index contributed by atoms with van der Waals surface area (Å²) in [7, 11) is 1.58. The Balaban J connectivity index is 1.35. The molecule has 4 atom stereocenters. The predicted molar refractivity (Wildman–Crippen MR) is 99.0 cm³/mol. The van der Waals surface area contributed by atoms with Crippen molar-refractivity contribution in [2.75, 3.05) is 19.0 Å². The van der Waals surface area contributed by atoms with Crippen molar-refractivity contribution in [2.45, 2.75) is 44.7 Å². The molecule has 3 amide bonds. The molecule has 1 aromatic rings. The first-order chi connectivity index (χ1) is 12.6. The van der Waals surface area contributed by atoms with E-state index in [4.69, 9.17) is 4.74 Å². The average molecular weight is 357 g/mol. The highest BCUT2D eigenvalue weighted by atomic mass is 16.5. The van der Waals surface area contributed by atoms with Gasteiger partial charge in [0.25, 0.3) is 0 Å². The molecule has 0 radical (unpaired) electrons. The molecule has 2 N–H and O–H groups in total. The summed E-state index contributed by atoms with van der Waals surface area (Å²) in [4.78, 5) is 26.9. The van der Waals surface area contributed by atoms with E-state index in [1.807, 2.05) is 24.3 Å². The normalized spacial score (nSPS) is 30.2. The number of benzene rings is 1. The number of carbonyl (C=O) groups is 2. The van der Waals surface area contributed by atoms with Crippen LogP contribution in [0.4, 0.5) is 10.5 Å². The molecule has 3 aliphatic rings. The van der Waals surface area contributed by atoms with Crippen molar-refractivity contribution in [1.82, 2.24) is 10.2 Å². The van der Waals surface area contributed by atoms with Gasteiger partial charge in [0.2, 0.25) is 5.91 Å². The van der Waals surface area contributed by atoms with E-state index in [1.54, 1.807) is 7.11 Å². The molecule has 2 aliphatic carbocycles. The van der Waals surface area contributed by atoms with Crippen molar-refractivity contribution >= 4 is 17.6 Å². The Morgan fingerprint density at radius 2 is 2.08 bits per heavy atom. The second-order valence-corrected chi connectivity index (χ2v) is 7.88. The molecule has 140 valence electrons. The molecule has 6 heteroatoms. The highest BCUT2D eigenvalue weighted by Gasteiger charge is 2.53. The molecule has 0 unspecified atom stereocenters. The molecule has 2 saturated carbocycles. The lowest BCUT2D eigenvalue weighted by Crippen LogP contribution is -2.37. The van der Waals surface area contributed by atoms with E-state index < -0.39 is 0 Å². The summed E-state index contributed by atoms with van der Waals surface area (Å²) in [6.07, 6.45) is 4.03. The zero-order valence-electron chi connectivity index (χ0n) is 15.4. The summed E-state index contributed by atoms with van der Waals surface area (Å²) < 4.78 is 5.26. The van der Waals surface area contributed by atoms with Gasteiger partial charge in [0.15, 0.2) is 0 Å². The standard InChI is InChI=1S/C20H27N3O3/c1-12-9-17-14(10-19(24)23(17)13-7-8-13)15(12)11-21-20(25)22-16-5-3-4-6-18(16)26-2/h3-6,12-15,17H,7-11H2,1-2H3,(H2,21,22,25)/t12-,14-,15+,17+/m0/s1. The third-order valence-electron chi connectivity index (χ3n) is 6.24. The van der Waals surface area contributed by atoms with Gasteiger partial charge >= 0.3 is 6.03 Å². The van der Waals surface area contributed by atoms with E-state index in [0.29, 0.717) is 60.1 Å². The number of ether oxygens (including phenoxy) is 1. The second-order valence-electron chi connectivity index (χ2n) is 7.88. The number of anilines is 1. The van der Waals surface area contributed by atoms with Gasteiger partial charge in [-0.2, -0.15) is 0 Å². The zero-order valence-corrected chi connectivity index (χ0v) is 15.4. The molecule has 26 heavy (non-hydrogen) atoms. The first-order valence-corrected chi connectivity index (χ1v) is 9.57. The highest BCUT2D eigenvalue weighted by Crippen LogP contribution is 2.49. The number of para-hydroxylation sites is 2. The van der Waals surface area contributed by atoms with E-state index in [0.717, 1.165) is 19.3 Å². The number of nitrogens with zero attached hydrogens (tertiary/aromatic N) is 1. The van der Waals surface area contributed by atoms with Gasteiger partial charge in [-0.05, 0) is 49.1 Å². The van der Waals surface area contributed by atoms with Crippen molar-refractivity contribution in [2.24, 2.45) is 17.8 Å². The Morgan fingerprint density at radius 3 is 2.81 bits per heavy atom. The minimum atomic E-state index is -0.228. The fourth-order valence-corrected chi connectivity index (χ4v) is 4.84. The van der Waals surface area contributed by atoms with Crippen LogP contribution in [-0.2, 0) is 4.79 Å². The molecule has 4 rings (SSSR count). The Bertz CT molecular complexity index is 703. The number of hydrogen-bond acceptors (Lipinski definition) is 3. The lowest BCUT2D eigenvalue weighted by atomic mass is 9.88. The van der Waals surface area contributed by atoms with Gasteiger partial charge in [-0.15, -0.1) is 0 Å². The predicted octanol–water partition coefficient (Wildman–Crippen LogP) is 2.85. The maximum Gasteiger partial charge on any atom is 0.319 e. The highest BCUT2D eigenvalue weighted by molar-refractivity contribution is 5.90. The molecule has 3 fully saturated rings. The van der Waals surface area contributed by atoms with Gasteiger partial charge < -0.3 is 20.3 Å². The number of hydrogen-bond donors (Lipinski definition) is 2. The molecule has 1 aromatic carbocycles. The van der Waals surface area contributed by atoms with Crippen molar-refractivity contribution in [3.05, 3.63) is 24.3 Å². The first kappa shape index (κ1) is 17.2. The summed E-state index contributed by atoms with van der Waals surface area (Å²) in [5, 5.41) is 5.86. The van der Waals surface area contributed by atoms with Crippen LogP contribution >= 0.6 is 0 Å². The van der Waals surface area contributed by atoms with Crippen molar-refractivity contribution < 1.29 is 14.3 Å². The smallest absolute Gasteiger partial charge is 0.319 e. The number of amides is 3. The number of urea groups is 1. The third-order valence-corrected chi connectivity index (χ3v) is 6.24. The summed E-state index contributed by atoms with van der Waals surface area (Å²) >= 11 is 0. The van der Waals surface area contributed by atoms with E-state index in [2.05, 4.69) is 22.5 Å². The third kappa shape index (κ3) is 3.13. The topological polar surface area (TPSA) is 70.7 Å². The van der Waals surface area contributed by atoms with Crippen LogP contribution < -0.4 is 15.4 Å². The second kappa shape index (κ2) is 6.82. The SMILES string of the molecule is COc1ccccc1NC(=O)NC[C@H]1[C@@H]2CC(=O)N(C3CC3)[C@@H]2C[C@@H]1C. The lowest BCUT2D eigenvalue weighted by Gasteiger charge is -2.24. The van der Waals surface area contributed by atoms with Gasteiger partial charge in [-0.1, -0.05) is 19.1 Å². The average Bonchev–Trinajstić information content (AvgIpc) is 3.34. The van der Waals surface area contributed by atoms with Crippen LogP contribution in [0.3, 0.4) is 0 Å². The summed E-state index contributed by atoms with van der Waals surface area (Å²) in [6, 6.07) is 8.00. The van der Waals surface area contributed by atoms with Crippen molar-refractivity contribution in [3.63, 3.8) is 0 Å². The molecular weight excluding hydrogens is 330 g/mol. The maximum atomic E-state index is 12.4. The maximum absolute atomic E-state index is 12.4. The van der Waals surface area contributed by atoms with E-state index >= 15 is 0 Å². The summed E-state index contributed by atoms with van der Waals surface area (Å²) in [6.45, 7) is 2.85. The molecular formula is C20H27N3O3. The molecule has 0 aromatic heterocycles. The fraction of sp³-hybridized carbons (Fsp3) is 0.600. The van der Waals surface area contributed by atoms with Crippen LogP contribution in [0.1, 0.15) is 32.6 Å². The van der Waals surface area contributed by atoms with Gasteiger partial charge in [0.1, 0.15) is 5.75 Å². The number of rotatable bonds is 5. The monoisotopic (exact) mass is 357 g/mol. The molecule has 6 nitrogen and oxygen atoms in total. The van der Waals surface area contributed by atoms with E-state index in [-0.39, 0.29) is 6.03 Å². The number of fused-ring (bicyclic) bond motifs is 1. The van der Waals surface area contributed by atoms with Gasteiger partial charge in [0, 0.05) is 25.0 Å². The Morgan fingerprint density at radius 1 is 1.31 bits per heavy atom. The quantitative estimate of drug-likeness (QED) is 0.851. The molecule has 0 bridgehead atoms. The number of nitrogens with one attached hydrogen (secondary N) is 2. The molecule has 1 heterocycles. The van der Waals surface area contributed by atoms with Crippen LogP contribution in [0.15, 0.2) is 24.3 Å². The first-order valence-electron chi connectivity index (χ1n) is 9.57. The van der Waals surface area contributed by atoms with Gasteiger partial charge in [-0.25, -0.2) is 4.79 Å². The van der Waals surface area contributed by atoms with Crippen LogP contribution in [0, 0.1) is 17.8 Å². The minimum absolute atomic E-state index is 0.228. The largest absolute Gasteiger partial charge is 0.495 e. The van der Waals surface area contributed by atoms with Crippen LogP contribution in [-0.4, -0.2) is 42.6 Å². The van der Waals surface area contributed by atoms with E-state index in [1.165, 1.54) is 0 Å². The van der Waals surface area contributed by atoms with Gasteiger partial charge in [0.05, 0.1) is 12.8 Å². The van der Waals surface area contributed by atoms with Crippen LogP contribution in [0.5, 0.6) is 5.75 Å². The number of carbonyl (C=O) groups excluding carboxylic acids is 2. The number of likely N-dealkylation sites (tertiary alicyclic amines) is 1. The lowest BCUT2D eigenvalue weighted by molar-refractivity contribution is -0.129. The van der Waals surface area contributed by atoms with Gasteiger partial charge in [-0.3, -0.25) is 4.79 Å². The van der Waals surface area contributed by atoms with Crippen molar-refractivity contribution in [3.8, 4) is 5.75 Å². The summed E-state index contributed by atoms with van der Waals surface area (Å²) in [5.41, 5.74) is 0.654. The van der Waals surface area contributed by atoms with Crippen LogP contribution in [0.25, 0.3) is 0 Å². The van der Waals surface area contributed by atoms with Crippen LogP contribution in [0.2, 0.25) is 0 Å². The summed E-state index contributed by atoms with van der Waals surface area (Å²) in [5.74, 6) is 2.21.